The normalized spacial score (nSPS) is 10.1. The van der Waals surface area contributed by atoms with Gasteiger partial charge < -0.3 is 10.5 Å². The van der Waals surface area contributed by atoms with E-state index in [0.29, 0.717) is 27.6 Å². The molecule has 1 aromatic heterocycles. The Hall–Kier alpha value is -2.07. The Labute approximate surface area is 109 Å². The largest absolute Gasteiger partial charge is 0.495 e. The van der Waals surface area contributed by atoms with Crippen molar-refractivity contribution in [1.29, 1.82) is 0 Å². The van der Waals surface area contributed by atoms with Gasteiger partial charge in [0.15, 0.2) is 5.78 Å². The van der Waals surface area contributed by atoms with E-state index in [0.717, 1.165) is 0 Å². The number of ether oxygens (including phenoxy) is 1. The monoisotopic (exact) mass is 262 g/mol. The van der Waals surface area contributed by atoms with Crippen molar-refractivity contribution in [3.05, 3.63) is 52.8 Å². The number of benzene rings is 1. The number of rotatable bonds is 3. The number of ketones is 1. The van der Waals surface area contributed by atoms with Gasteiger partial charge in [0.05, 0.1) is 13.3 Å². The van der Waals surface area contributed by atoms with Crippen LogP contribution in [-0.4, -0.2) is 17.9 Å². The van der Waals surface area contributed by atoms with E-state index in [4.69, 9.17) is 22.1 Å². The number of pyridine rings is 1. The molecule has 2 rings (SSSR count). The van der Waals surface area contributed by atoms with Crippen LogP contribution in [0.15, 0.2) is 36.7 Å². The van der Waals surface area contributed by atoms with Gasteiger partial charge in [-0.05, 0) is 24.3 Å². The van der Waals surface area contributed by atoms with Crippen LogP contribution in [0.2, 0.25) is 5.02 Å². The van der Waals surface area contributed by atoms with Crippen LogP contribution < -0.4 is 10.5 Å². The van der Waals surface area contributed by atoms with Crippen LogP contribution >= 0.6 is 11.6 Å². The number of nitrogens with two attached hydrogens (primary N) is 1. The van der Waals surface area contributed by atoms with Gasteiger partial charge in [-0.2, -0.15) is 0 Å². The van der Waals surface area contributed by atoms with Crippen LogP contribution in [0.3, 0.4) is 0 Å². The highest BCUT2D eigenvalue weighted by Crippen LogP contribution is 2.20. The molecule has 0 saturated heterocycles. The average Bonchev–Trinajstić information content (AvgIpc) is 2.37. The van der Waals surface area contributed by atoms with Gasteiger partial charge in [-0.15, -0.1) is 0 Å². The van der Waals surface area contributed by atoms with Crippen molar-refractivity contribution in [3.8, 4) is 5.75 Å². The van der Waals surface area contributed by atoms with E-state index < -0.39 is 0 Å². The summed E-state index contributed by atoms with van der Waals surface area (Å²) in [5, 5.41) is 0.425. The predicted molar refractivity (Wildman–Crippen MR) is 70.1 cm³/mol. The van der Waals surface area contributed by atoms with Crippen molar-refractivity contribution in [2.24, 2.45) is 0 Å². The van der Waals surface area contributed by atoms with Gasteiger partial charge in [-0.3, -0.25) is 9.78 Å². The zero-order valence-corrected chi connectivity index (χ0v) is 10.4. The Morgan fingerprint density at radius 1 is 1.22 bits per heavy atom. The number of carbonyl (C=O) groups excluding carboxylic acids is 1. The molecular weight excluding hydrogens is 252 g/mol. The molecule has 0 amide bonds. The Morgan fingerprint density at radius 2 is 2.00 bits per heavy atom. The van der Waals surface area contributed by atoms with Crippen molar-refractivity contribution in [2.45, 2.75) is 0 Å². The quantitative estimate of drug-likeness (QED) is 0.682. The van der Waals surface area contributed by atoms with Gasteiger partial charge in [0.2, 0.25) is 0 Å². The molecule has 4 nitrogen and oxygen atoms in total. The molecule has 1 heterocycles. The minimum absolute atomic E-state index is 0.199. The highest BCUT2D eigenvalue weighted by molar-refractivity contribution is 6.31. The van der Waals surface area contributed by atoms with Crippen molar-refractivity contribution < 1.29 is 9.53 Å². The molecule has 0 aliphatic rings. The fourth-order valence-corrected chi connectivity index (χ4v) is 1.81. The summed E-state index contributed by atoms with van der Waals surface area (Å²) in [7, 11) is 1.52. The van der Waals surface area contributed by atoms with E-state index >= 15 is 0 Å². The molecule has 2 aromatic rings. The number of anilines is 1. The van der Waals surface area contributed by atoms with E-state index in [9.17, 15) is 4.79 Å². The lowest BCUT2D eigenvalue weighted by Gasteiger charge is -2.05. The molecule has 0 fully saturated rings. The van der Waals surface area contributed by atoms with Gasteiger partial charge in [0.1, 0.15) is 5.75 Å². The Morgan fingerprint density at radius 3 is 2.67 bits per heavy atom. The predicted octanol–water partition coefficient (Wildman–Crippen LogP) is 2.56. The van der Waals surface area contributed by atoms with E-state index in [2.05, 4.69) is 4.98 Å². The highest BCUT2D eigenvalue weighted by atomic mass is 35.5. The average molecular weight is 263 g/mol. The summed E-state index contributed by atoms with van der Waals surface area (Å²) < 4.78 is 5.02. The summed E-state index contributed by atoms with van der Waals surface area (Å²) in [6.45, 7) is 0. The Bertz CT molecular complexity index is 579. The highest BCUT2D eigenvalue weighted by Gasteiger charge is 2.11. The summed E-state index contributed by atoms with van der Waals surface area (Å²) in [6, 6.07) is 6.35. The van der Waals surface area contributed by atoms with E-state index in [1.807, 2.05) is 0 Å². The first kappa shape index (κ1) is 12.4. The molecule has 0 bridgehead atoms. The fourth-order valence-electron chi connectivity index (χ4n) is 1.56. The van der Waals surface area contributed by atoms with E-state index in [1.54, 1.807) is 24.3 Å². The Balaban J connectivity index is 2.41. The molecule has 2 N–H and O–H groups in total. The number of carbonyl (C=O) groups is 1. The first-order valence-electron chi connectivity index (χ1n) is 5.20. The minimum Gasteiger partial charge on any atom is -0.495 e. The molecule has 0 radical (unpaired) electrons. The summed E-state index contributed by atoms with van der Waals surface area (Å²) in [5.41, 5.74) is 6.95. The summed E-state index contributed by atoms with van der Waals surface area (Å²) in [5.74, 6) is 0.325. The number of nitrogens with zero attached hydrogens (tertiary/aromatic N) is 1. The summed E-state index contributed by atoms with van der Waals surface area (Å²) in [4.78, 5) is 16.1. The standard InChI is InChI=1S/C13H11ClN2O2/c1-18-12-4-9(6-16-7-12)13(17)8-2-10(14)5-11(15)3-8/h2-7H,15H2,1H3. The lowest BCUT2D eigenvalue weighted by atomic mass is 10.0. The zero-order valence-electron chi connectivity index (χ0n) is 9.68. The molecule has 0 saturated carbocycles. The van der Waals surface area contributed by atoms with Crippen LogP contribution in [0.1, 0.15) is 15.9 Å². The molecule has 92 valence electrons. The smallest absolute Gasteiger partial charge is 0.194 e. The molecular formula is C13H11ClN2O2. The van der Waals surface area contributed by atoms with Gasteiger partial charge >= 0.3 is 0 Å². The van der Waals surface area contributed by atoms with Gasteiger partial charge in [0, 0.05) is 28.0 Å². The molecule has 18 heavy (non-hydrogen) atoms. The minimum atomic E-state index is -0.199. The topological polar surface area (TPSA) is 65.2 Å². The molecule has 0 spiro atoms. The maximum atomic E-state index is 12.2. The number of halogens is 1. The van der Waals surface area contributed by atoms with Crippen molar-refractivity contribution in [3.63, 3.8) is 0 Å². The first-order valence-corrected chi connectivity index (χ1v) is 5.58. The van der Waals surface area contributed by atoms with Crippen LogP contribution in [0.4, 0.5) is 5.69 Å². The lowest BCUT2D eigenvalue weighted by molar-refractivity contribution is 0.103. The van der Waals surface area contributed by atoms with Gasteiger partial charge in [-0.1, -0.05) is 11.6 Å². The summed E-state index contributed by atoms with van der Waals surface area (Å²) in [6.07, 6.45) is 3.01. The van der Waals surface area contributed by atoms with Crippen LogP contribution in [-0.2, 0) is 0 Å². The van der Waals surface area contributed by atoms with Crippen molar-refractivity contribution in [1.82, 2.24) is 4.98 Å². The molecule has 0 atom stereocenters. The number of hydrogen-bond acceptors (Lipinski definition) is 4. The molecule has 0 aliphatic heterocycles. The third-order valence-electron chi connectivity index (χ3n) is 2.39. The van der Waals surface area contributed by atoms with Crippen LogP contribution in [0, 0.1) is 0 Å². The van der Waals surface area contributed by atoms with Crippen molar-refractivity contribution in [2.75, 3.05) is 12.8 Å². The number of aromatic nitrogens is 1. The maximum Gasteiger partial charge on any atom is 0.194 e. The van der Waals surface area contributed by atoms with E-state index in [-0.39, 0.29) is 5.78 Å². The SMILES string of the molecule is COc1cncc(C(=O)c2cc(N)cc(Cl)c2)c1. The first-order chi connectivity index (χ1) is 8.60. The number of methoxy groups -OCH3 is 1. The Kier molecular flexibility index (Phi) is 3.48. The fraction of sp³-hybridized carbons (Fsp3) is 0.0769. The van der Waals surface area contributed by atoms with Crippen LogP contribution in [0.25, 0.3) is 0 Å². The molecule has 0 aliphatic carbocycles. The van der Waals surface area contributed by atoms with Gasteiger partial charge in [0.25, 0.3) is 0 Å². The molecule has 5 heteroatoms. The maximum absolute atomic E-state index is 12.2. The third-order valence-corrected chi connectivity index (χ3v) is 2.61. The van der Waals surface area contributed by atoms with Crippen LogP contribution in [0.5, 0.6) is 5.75 Å². The lowest BCUT2D eigenvalue weighted by Crippen LogP contribution is -2.03. The second-order valence-electron chi connectivity index (χ2n) is 3.72. The molecule has 0 unspecified atom stereocenters. The number of hydrogen-bond donors (Lipinski definition) is 1. The zero-order chi connectivity index (χ0) is 13.1. The number of nitrogen functional groups attached to an aromatic ring is 1. The third kappa shape index (κ3) is 2.60. The van der Waals surface area contributed by atoms with Crippen molar-refractivity contribution >= 4 is 23.1 Å². The van der Waals surface area contributed by atoms with E-state index in [1.165, 1.54) is 19.5 Å². The van der Waals surface area contributed by atoms with Gasteiger partial charge in [-0.25, -0.2) is 0 Å². The summed E-state index contributed by atoms with van der Waals surface area (Å²) >= 11 is 5.87. The second-order valence-corrected chi connectivity index (χ2v) is 4.15. The second kappa shape index (κ2) is 5.06. The molecule has 1 aromatic carbocycles.